The first kappa shape index (κ1) is 19.7. The highest BCUT2D eigenvalue weighted by Crippen LogP contribution is 2.24. The van der Waals surface area contributed by atoms with Crippen LogP contribution in [0.2, 0.25) is 0 Å². The lowest BCUT2D eigenvalue weighted by Gasteiger charge is -2.32. The van der Waals surface area contributed by atoms with Gasteiger partial charge in [-0.15, -0.1) is 0 Å². The molecule has 1 fully saturated rings. The molecule has 3 rings (SSSR count). The van der Waals surface area contributed by atoms with E-state index in [0.717, 1.165) is 0 Å². The van der Waals surface area contributed by atoms with Crippen LogP contribution in [0.25, 0.3) is 0 Å². The third-order valence-corrected chi connectivity index (χ3v) is 4.48. The molecule has 1 N–H and O–H groups in total. The number of ether oxygens (including phenoxy) is 1. The largest absolute Gasteiger partial charge is 0.484 e. The molecule has 1 aliphatic heterocycles. The van der Waals surface area contributed by atoms with E-state index in [0.29, 0.717) is 31.5 Å². The van der Waals surface area contributed by atoms with Gasteiger partial charge in [0.05, 0.1) is 17.8 Å². The molecule has 0 atom stereocenters. The van der Waals surface area contributed by atoms with Crippen molar-refractivity contribution in [3.8, 4) is 5.75 Å². The van der Waals surface area contributed by atoms with Gasteiger partial charge in [0, 0.05) is 24.8 Å². The number of aromatic nitrogens is 2. The molecule has 2 aromatic rings. The number of nitrogens with zero attached hydrogens (tertiary/aromatic N) is 3. The highest BCUT2D eigenvalue weighted by molar-refractivity contribution is 5.94. The van der Waals surface area contributed by atoms with E-state index in [9.17, 15) is 22.8 Å². The van der Waals surface area contributed by atoms with E-state index < -0.39 is 18.8 Å². The summed E-state index contributed by atoms with van der Waals surface area (Å²) in [4.78, 5) is 25.2. The van der Waals surface area contributed by atoms with Crippen LogP contribution in [0.4, 0.5) is 13.2 Å². The molecule has 1 saturated heterocycles. The predicted octanol–water partition coefficient (Wildman–Crippen LogP) is 3.00. The topological polar surface area (TPSA) is 84.7 Å². The average molecular weight is 397 g/mol. The normalized spacial score (nSPS) is 15.5. The zero-order valence-electron chi connectivity index (χ0n) is 14.7. The van der Waals surface area contributed by atoms with Crippen LogP contribution in [0.15, 0.2) is 36.7 Å². The summed E-state index contributed by atoms with van der Waals surface area (Å²) < 4.78 is 42.7. The summed E-state index contributed by atoms with van der Waals surface area (Å²) in [5.41, 5.74) is 0.483. The van der Waals surface area contributed by atoms with E-state index in [2.05, 4.69) is 9.84 Å². The van der Waals surface area contributed by atoms with Gasteiger partial charge in [0.1, 0.15) is 5.75 Å². The van der Waals surface area contributed by atoms with Gasteiger partial charge in [-0.1, -0.05) is 0 Å². The molecule has 0 spiro atoms. The van der Waals surface area contributed by atoms with Gasteiger partial charge >= 0.3 is 12.1 Å². The standard InChI is InChI=1S/C18H18F3N3O4/c19-18(20,21)11-28-15-3-1-12(2-4-15)16(25)23-7-5-14(6-8-23)24-10-13(9-22-24)17(26)27/h1-4,9-10,14H,5-8,11H2,(H,26,27). The Kier molecular flexibility index (Phi) is 5.57. The Hall–Kier alpha value is -3.04. The summed E-state index contributed by atoms with van der Waals surface area (Å²) in [6.45, 7) is -0.443. The van der Waals surface area contributed by atoms with E-state index in [4.69, 9.17) is 5.11 Å². The number of alkyl halides is 3. The van der Waals surface area contributed by atoms with Crippen molar-refractivity contribution in [1.29, 1.82) is 0 Å². The maximum Gasteiger partial charge on any atom is 0.422 e. The second kappa shape index (κ2) is 7.91. The Bertz CT molecular complexity index is 841. The quantitative estimate of drug-likeness (QED) is 0.839. The summed E-state index contributed by atoms with van der Waals surface area (Å²) in [6, 6.07) is 5.56. The molecule has 1 amide bonds. The lowest BCUT2D eigenvalue weighted by molar-refractivity contribution is -0.153. The number of rotatable bonds is 5. The lowest BCUT2D eigenvalue weighted by Crippen LogP contribution is -2.39. The van der Waals surface area contributed by atoms with Crippen LogP contribution in [0.1, 0.15) is 39.6 Å². The molecule has 0 saturated carbocycles. The summed E-state index contributed by atoms with van der Waals surface area (Å²) in [6.07, 6.45) is -0.399. The van der Waals surface area contributed by atoms with Crippen molar-refractivity contribution >= 4 is 11.9 Å². The van der Waals surface area contributed by atoms with Gasteiger partial charge in [-0.3, -0.25) is 9.48 Å². The van der Waals surface area contributed by atoms with Crippen molar-refractivity contribution in [2.45, 2.75) is 25.1 Å². The SMILES string of the molecule is O=C(O)c1cnn(C2CCN(C(=O)c3ccc(OCC(F)(F)F)cc3)CC2)c1. The van der Waals surface area contributed by atoms with Gasteiger partial charge in [-0.05, 0) is 37.1 Å². The van der Waals surface area contributed by atoms with Crippen molar-refractivity contribution in [2.24, 2.45) is 0 Å². The predicted molar refractivity (Wildman–Crippen MR) is 91.4 cm³/mol. The summed E-state index contributed by atoms with van der Waals surface area (Å²) in [5, 5.41) is 13.0. The number of likely N-dealkylation sites (tertiary alicyclic amines) is 1. The number of halogens is 3. The van der Waals surface area contributed by atoms with Crippen molar-refractivity contribution in [3.63, 3.8) is 0 Å². The first-order valence-corrected chi connectivity index (χ1v) is 8.59. The number of carbonyl (C=O) groups is 2. The van der Waals surface area contributed by atoms with Gasteiger partial charge in [0.2, 0.25) is 0 Å². The van der Waals surface area contributed by atoms with Crippen LogP contribution in [-0.4, -0.2) is 57.5 Å². The van der Waals surface area contributed by atoms with Crippen molar-refractivity contribution in [3.05, 3.63) is 47.8 Å². The van der Waals surface area contributed by atoms with Crippen LogP contribution in [0, 0.1) is 0 Å². The van der Waals surface area contributed by atoms with E-state index in [1.807, 2.05) is 0 Å². The maximum atomic E-state index is 12.6. The highest BCUT2D eigenvalue weighted by Gasteiger charge is 2.29. The zero-order valence-corrected chi connectivity index (χ0v) is 14.7. The van der Waals surface area contributed by atoms with Crippen molar-refractivity contribution < 1.29 is 32.6 Å². The second-order valence-corrected chi connectivity index (χ2v) is 6.47. The number of carboxylic acid groups (broad SMARTS) is 1. The van der Waals surface area contributed by atoms with Crippen LogP contribution in [0.3, 0.4) is 0 Å². The molecule has 7 nitrogen and oxygen atoms in total. The zero-order chi connectivity index (χ0) is 20.3. The monoisotopic (exact) mass is 397 g/mol. The fourth-order valence-electron chi connectivity index (χ4n) is 3.02. The van der Waals surface area contributed by atoms with Crippen LogP contribution >= 0.6 is 0 Å². The lowest BCUT2D eigenvalue weighted by atomic mass is 10.0. The number of piperidine rings is 1. The number of aromatic carboxylic acids is 1. The van der Waals surface area contributed by atoms with Crippen molar-refractivity contribution in [1.82, 2.24) is 14.7 Å². The smallest absolute Gasteiger partial charge is 0.422 e. The molecule has 28 heavy (non-hydrogen) atoms. The first-order valence-electron chi connectivity index (χ1n) is 8.59. The molecule has 0 bridgehead atoms. The minimum atomic E-state index is -4.42. The molecule has 1 aromatic heterocycles. The Labute approximate surface area is 158 Å². The second-order valence-electron chi connectivity index (χ2n) is 6.47. The average Bonchev–Trinajstić information content (AvgIpc) is 3.16. The first-order chi connectivity index (χ1) is 13.2. The van der Waals surface area contributed by atoms with Crippen molar-refractivity contribution in [2.75, 3.05) is 19.7 Å². The third-order valence-electron chi connectivity index (χ3n) is 4.48. The number of hydrogen-bond donors (Lipinski definition) is 1. The molecule has 1 aliphatic rings. The van der Waals surface area contributed by atoms with Gasteiger partial charge in [0.25, 0.3) is 5.91 Å². The van der Waals surface area contributed by atoms with Crippen LogP contribution in [-0.2, 0) is 0 Å². The third kappa shape index (κ3) is 4.81. The van der Waals surface area contributed by atoms with E-state index in [-0.39, 0.29) is 23.3 Å². The minimum Gasteiger partial charge on any atom is -0.484 e. The number of benzene rings is 1. The molecule has 2 heterocycles. The van der Waals surface area contributed by atoms with Gasteiger partial charge in [-0.25, -0.2) is 4.79 Å². The number of carboxylic acids is 1. The molecule has 10 heteroatoms. The summed E-state index contributed by atoms with van der Waals surface area (Å²) in [5.74, 6) is -1.21. The summed E-state index contributed by atoms with van der Waals surface area (Å²) in [7, 11) is 0. The Morgan fingerprint density at radius 2 is 1.79 bits per heavy atom. The molecular formula is C18H18F3N3O4. The molecule has 0 radical (unpaired) electrons. The van der Waals surface area contributed by atoms with Gasteiger partial charge in [-0.2, -0.15) is 18.3 Å². The molecular weight excluding hydrogens is 379 g/mol. The molecule has 0 aliphatic carbocycles. The fraction of sp³-hybridized carbons (Fsp3) is 0.389. The van der Waals surface area contributed by atoms with Crippen LogP contribution in [0.5, 0.6) is 5.75 Å². The number of amides is 1. The number of hydrogen-bond acceptors (Lipinski definition) is 4. The van der Waals surface area contributed by atoms with Gasteiger partial charge < -0.3 is 14.7 Å². The van der Waals surface area contributed by atoms with Gasteiger partial charge in [0.15, 0.2) is 6.61 Å². The Morgan fingerprint density at radius 1 is 1.14 bits per heavy atom. The Balaban J connectivity index is 1.55. The maximum absolute atomic E-state index is 12.6. The van der Waals surface area contributed by atoms with E-state index in [1.54, 1.807) is 9.58 Å². The highest BCUT2D eigenvalue weighted by atomic mass is 19.4. The van der Waals surface area contributed by atoms with Crippen LogP contribution < -0.4 is 4.74 Å². The molecule has 150 valence electrons. The summed E-state index contributed by atoms with van der Waals surface area (Å²) >= 11 is 0. The Morgan fingerprint density at radius 3 is 2.32 bits per heavy atom. The fourth-order valence-corrected chi connectivity index (χ4v) is 3.02. The number of carbonyl (C=O) groups excluding carboxylic acids is 1. The minimum absolute atomic E-state index is 0.00953. The molecule has 0 unspecified atom stereocenters. The van der Waals surface area contributed by atoms with E-state index >= 15 is 0 Å². The van der Waals surface area contributed by atoms with E-state index in [1.165, 1.54) is 36.7 Å². The molecule has 1 aromatic carbocycles.